The third kappa shape index (κ3) is 6.78. The third-order valence-electron chi connectivity index (χ3n) is 2.09. The Balaban J connectivity index is 3.91. The smallest absolute Gasteiger partial charge is 0.321 e. The van der Waals surface area contributed by atoms with E-state index in [1.54, 1.807) is 4.90 Å². The summed E-state index contributed by atoms with van der Waals surface area (Å²) in [7, 11) is 0. The summed E-state index contributed by atoms with van der Waals surface area (Å²) in [6, 6.07) is -0.680. The maximum atomic E-state index is 11.5. The van der Waals surface area contributed by atoms with Crippen LogP contribution in [0.25, 0.3) is 0 Å². The van der Waals surface area contributed by atoms with Crippen LogP contribution in [0.2, 0.25) is 0 Å². The Morgan fingerprint density at radius 3 is 2.24 bits per heavy atom. The van der Waals surface area contributed by atoms with Gasteiger partial charge >= 0.3 is 6.03 Å². The zero-order valence-corrected chi connectivity index (χ0v) is 10.8. The molecule has 4 amide bonds. The first-order valence-electron chi connectivity index (χ1n) is 5.46. The number of nitrogens with zero attached hydrogens (tertiary/aromatic N) is 1. The van der Waals surface area contributed by atoms with E-state index in [2.05, 4.69) is 10.6 Å². The van der Waals surface area contributed by atoms with Gasteiger partial charge in [0.1, 0.15) is 0 Å². The molecule has 0 bridgehead atoms. The molecule has 0 radical (unpaired) electrons. The SMILES string of the molecule is CCN(CC)C(=O)CNC(=O)NC(=O)CCCl. The van der Waals surface area contributed by atoms with Gasteiger partial charge in [-0.3, -0.25) is 14.9 Å². The van der Waals surface area contributed by atoms with E-state index in [-0.39, 0.29) is 24.8 Å². The predicted octanol–water partition coefficient (Wildman–Crippen LogP) is 0.309. The predicted molar refractivity (Wildman–Crippen MR) is 64.8 cm³/mol. The van der Waals surface area contributed by atoms with Gasteiger partial charge in [0.15, 0.2) is 0 Å². The van der Waals surface area contributed by atoms with Gasteiger partial charge in [0.05, 0.1) is 6.54 Å². The van der Waals surface area contributed by atoms with Gasteiger partial charge in [0.2, 0.25) is 11.8 Å². The van der Waals surface area contributed by atoms with Gasteiger partial charge < -0.3 is 10.2 Å². The highest BCUT2D eigenvalue weighted by molar-refractivity contribution is 6.19. The van der Waals surface area contributed by atoms with Crippen molar-refractivity contribution in [1.29, 1.82) is 0 Å². The number of rotatable bonds is 6. The van der Waals surface area contributed by atoms with Gasteiger partial charge in [-0.1, -0.05) is 0 Å². The number of nitrogens with one attached hydrogen (secondary N) is 2. The van der Waals surface area contributed by atoms with Crippen molar-refractivity contribution < 1.29 is 14.4 Å². The lowest BCUT2D eigenvalue weighted by Crippen LogP contribution is -2.45. The topological polar surface area (TPSA) is 78.5 Å². The lowest BCUT2D eigenvalue weighted by Gasteiger charge is -2.18. The minimum absolute atomic E-state index is 0.0684. The molecule has 6 nitrogen and oxygen atoms in total. The van der Waals surface area contributed by atoms with Crippen LogP contribution in [0.4, 0.5) is 4.79 Å². The molecule has 0 saturated carbocycles. The molecule has 0 aliphatic heterocycles. The Kier molecular flexibility index (Phi) is 8.13. The van der Waals surface area contributed by atoms with Gasteiger partial charge in [-0.05, 0) is 13.8 Å². The van der Waals surface area contributed by atoms with Crippen molar-refractivity contribution in [3.63, 3.8) is 0 Å². The quantitative estimate of drug-likeness (QED) is 0.677. The van der Waals surface area contributed by atoms with Crippen LogP contribution in [0.15, 0.2) is 0 Å². The summed E-state index contributed by atoms with van der Waals surface area (Å²) < 4.78 is 0. The number of carbonyl (C=O) groups is 3. The Morgan fingerprint density at radius 1 is 1.18 bits per heavy atom. The summed E-state index contributed by atoms with van der Waals surface area (Å²) in [5.41, 5.74) is 0. The molecule has 0 rings (SSSR count). The second-order valence-electron chi connectivity index (χ2n) is 3.24. The molecule has 7 heteroatoms. The van der Waals surface area contributed by atoms with Crippen LogP contribution in [-0.2, 0) is 9.59 Å². The van der Waals surface area contributed by atoms with Crippen LogP contribution in [0.5, 0.6) is 0 Å². The number of hydrogen-bond donors (Lipinski definition) is 2. The third-order valence-corrected chi connectivity index (χ3v) is 2.28. The highest BCUT2D eigenvalue weighted by atomic mass is 35.5. The van der Waals surface area contributed by atoms with Gasteiger partial charge in [0, 0.05) is 25.4 Å². The van der Waals surface area contributed by atoms with E-state index in [9.17, 15) is 14.4 Å². The van der Waals surface area contributed by atoms with E-state index in [1.165, 1.54) is 0 Å². The zero-order valence-electron chi connectivity index (χ0n) is 10.1. The fourth-order valence-corrected chi connectivity index (χ4v) is 1.33. The fraction of sp³-hybridized carbons (Fsp3) is 0.700. The fourth-order valence-electron chi connectivity index (χ4n) is 1.16. The molecule has 0 fully saturated rings. The number of imide groups is 1. The summed E-state index contributed by atoms with van der Waals surface area (Å²) >= 11 is 5.33. The second kappa shape index (κ2) is 8.81. The number of amides is 4. The maximum absolute atomic E-state index is 11.5. The van der Waals surface area contributed by atoms with Crippen LogP contribution in [0, 0.1) is 0 Å². The molecular formula is C10H18ClN3O3. The number of halogens is 1. The number of likely N-dealkylation sites (N-methyl/N-ethyl adjacent to an activating group) is 1. The molecule has 0 aliphatic rings. The van der Waals surface area contributed by atoms with E-state index < -0.39 is 11.9 Å². The molecule has 0 aromatic rings. The maximum Gasteiger partial charge on any atom is 0.321 e. The normalized spacial score (nSPS) is 9.59. The van der Waals surface area contributed by atoms with Crippen LogP contribution in [0.3, 0.4) is 0 Å². The monoisotopic (exact) mass is 263 g/mol. The standard InChI is InChI=1S/C10H18ClN3O3/c1-3-14(4-2)9(16)7-12-10(17)13-8(15)5-6-11/h3-7H2,1-2H3,(H2,12,13,15,17). The minimum atomic E-state index is -0.680. The Hall–Kier alpha value is -1.30. The Labute approximate surface area is 106 Å². The molecule has 0 aromatic heterocycles. The molecule has 98 valence electrons. The number of carbonyl (C=O) groups excluding carboxylic acids is 3. The van der Waals surface area contributed by atoms with Crippen molar-refractivity contribution in [1.82, 2.24) is 15.5 Å². The van der Waals surface area contributed by atoms with E-state index >= 15 is 0 Å². The highest BCUT2D eigenvalue weighted by Gasteiger charge is 2.12. The van der Waals surface area contributed by atoms with E-state index in [1.807, 2.05) is 13.8 Å². The van der Waals surface area contributed by atoms with Crippen molar-refractivity contribution in [2.24, 2.45) is 0 Å². The number of hydrogen-bond acceptors (Lipinski definition) is 3. The molecular weight excluding hydrogens is 246 g/mol. The van der Waals surface area contributed by atoms with Crippen LogP contribution in [0.1, 0.15) is 20.3 Å². The average Bonchev–Trinajstić information content (AvgIpc) is 2.28. The van der Waals surface area contributed by atoms with Crippen molar-refractivity contribution in [3.05, 3.63) is 0 Å². The van der Waals surface area contributed by atoms with Crippen LogP contribution in [-0.4, -0.2) is 48.3 Å². The lowest BCUT2D eigenvalue weighted by atomic mass is 10.4. The van der Waals surface area contributed by atoms with E-state index in [0.29, 0.717) is 13.1 Å². The molecule has 0 atom stereocenters. The minimum Gasteiger partial charge on any atom is -0.342 e. The van der Waals surface area contributed by atoms with Crippen LogP contribution < -0.4 is 10.6 Å². The molecule has 0 heterocycles. The Bertz CT molecular complexity index is 280. The van der Waals surface area contributed by atoms with Gasteiger partial charge in [-0.25, -0.2) is 4.79 Å². The van der Waals surface area contributed by atoms with Crippen molar-refractivity contribution in [2.75, 3.05) is 25.5 Å². The van der Waals surface area contributed by atoms with Gasteiger partial charge in [0.25, 0.3) is 0 Å². The first-order valence-corrected chi connectivity index (χ1v) is 6.00. The molecule has 0 unspecified atom stereocenters. The first kappa shape index (κ1) is 15.7. The molecule has 0 saturated heterocycles. The first-order chi connectivity index (χ1) is 8.04. The van der Waals surface area contributed by atoms with Crippen molar-refractivity contribution in [2.45, 2.75) is 20.3 Å². The van der Waals surface area contributed by atoms with Crippen molar-refractivity contribution >= 4 is 29.4 Å². The molecule has 0 aliphatic carbocycles. The molecule has 2 N–H and O–H groups in total. The summed E-state index contributed by atoms with van der Waals surface area (Å²) in [4.78, 5) is 35.3. The van der Waals surface area contributed by atoms with E-state index in [0.717, 1.165) is 0 Å². The zero-order chi connectivity index (χ0) is 13.3. The summed E-state index contributed by atoms with van der Waals surface area (Å²) in [6.07, 6.45) is 0.0684. The largest absolute Gasteiger partial charge is 0.342 e. The Morgan fingerprint density at radius 2 is 1.76 bits per heavy atom. The highest BCUT2D eigenvalue weighted by Crippen LogP contribution is 1.87. The van der Waals surface area contributed by atoms with Gasteiger partial charge in [-0.2, -0.15) is 0 Å². The van der Waals surface area contributed by atoms with E-state index in [4.69, 9.17) is 11.6 Å². The average molecular weight is 264 g/mol. The van der Waals surface area contributed by atoms with Crippen molar-refractivity contribution in [3.8, 4) is 0 Å². The summed E-state index contributed by atoms with van der Waals surface area (Å²) in [5.74, 6) is -0.500. The van der Waals surface area contributed by atoms with Gasteiger partial charge in [-0.15, -0.1) is 11.6 Å². The molecule has 0 aromatic carbocycles. The molecule has 17 heavy (non-hydrogen) atoms. The number of urea groups is 1. The molecule has 0 spiro atoms. The number of alkyl halides is 1. The summed E-state index contributed by atoms with van der Waals surface area (Å²) in [6.45, 7) is 4.76. The summed E-state index contributed by atoms with van der Waals surface area (Å²) in [5, 5.41) is 4.38. The van der Waals surface area contributed by atoms with Crippen LogP contribution >= 0.6 is 11.6 Å². The lowest BCUT2D eigenvalue weighted by molar-refractivity contribution is -0.129. The second-order valence-corrected chi connectivity index (χ2v) is 3.61.